The Labute approximate surface area is 229 Å². The fourth-order valence-electron chi connectivity index (χ4n) is 5.52. The summed E-state index contributed by atoms with van der Waals surface area (Å²) in [7, 11) is 0. The number of aromatic nitrogens is 1. The van der Waals surface area contributed by atoms with Gasteiger partial charge in [0.25, 0.3) is 0 Å². The first kappa shape index (κ1) is 27.0. The molecule has 0 saturated carbocycles. The van der Waals surface area contributed by atoms with Crippen LogP contribution in [0, 0.1) is 5.92 Å². The van der Waals surface area contributed by atoms with Gasteiger partial charge in [-0.15, -0.1) is 0 Å². The van der Waals surface area contributed by atoms with Crippen LogP contribution in [-0.2, 0) is 11.2 Å². The van der Waals surface area contributed by atoms with Crippen molar-refractivity contribution in [2.45, 2.75) is 44.6 Å². The summed E-state index contributed by atoms with van der Waals surface area (Å²) < 4.78 is 6.02. The van der Waals surface area contributed by atoms with Crippen LogP contribution in [0.4, 0.5) is 5.69 Å². The highest BCUT2D eigenvalue weighted by atomic mass is 16.5. The number of benzene rings is 3. The van der Waals surface area contributed by atoms with E-state index in [2.05, 4.69) is 51.6 Å². The average molecular weight is 530 g/mol. The molecule has 5 rings (SSSR count). The molecule has 1 fully saturated rings. The molecule has 0 amide bonds. The Morgan fingerprint density at radius 1 is 0.974 bits per heavy atom. The smallest absolute Gasteiger partial charge is 0.306 e. The number of carbonyl (C=O) groups is 1. The number of nitrogens with one attached hydrogen (secondary N) is 2. The minimum Gasteiger partial charge on any atom is -0.490 e. The summed E-state index contributed by atoms with van der Waals surface area (Å²) in [5.41, 5.74) is 4.64. The van der Waals surface area contributed by atoms with Gasteiger partial charge < -0.3 is 30.2 Å². The fraction of sp³-hybridized carbons (Fsp3) is 0.406. The van der Waals surface area contributed by atoms with E-state index in [1.807, 2.05) is 30.3 Å². The topological polar surface area (TPSA) is 97.8 Å². The van der Waals surface area contributed by atoms with Crippen LogP contribution in [0.3, 0.4) is 0 Å². The Morgan fingerprint density at radius 2 is 1.74 bits per heavy atom. The van der Waals surface area contributed by atoms with Crippen molar-refractivity contribution in [1.82, 2.24) is 10.3 Å². The molecule has 0 bridgehead atoms. The van der Waals surface area contributed by atoms with Gasteiger partial charge in [-0.3, -0.25) is 4.79 Å². The van der Waals surface area contributed by atoms with Crippen molar-refractivity contribution in [1.29, 1.82) is 0 Å². The van der Waals surface area contributed by atoms with Gasteiger partial charge in [-0.25, -0.2) is 0 Å². The molecule has 1 saturated heterocycles. The number of anilines is 1. The van der Waals surface area contributed by atoms with Crippen molar-refractivity contribution < 1.29 is 19.7 Å². The average Bonchev–Trinajstić information content (AvgIpc) is 3.35. The van der Waals surface area contributed by atoms with Crippen molar-refractivity contribution in [3.05, 3.63) is 72.3 Å². The lowest BCUT2D eigenvalue weighted by Crippen LogP contribution is -2.36. The second kappa shape index (κ2) is 13.0. The highest BCUT2D eigenvalue weighted by Gasteiger charge is 2.24. The quantitative estimate of drug-likeness (QED) is 0.174. The number of fused-ring (bicyclic) bond motifs is 3. The maximum atomic E-state index is 11.2. The Kier molecular flexibility index (Phi) is 9.01. The van der Waals surface area contributed by atoms with Crippen molar-refractivity contribution in [2.75, 3.05) is 37.7 Å². The van der Waals surface area contributed by atoms with Crippen LogP contribution in [-0.4, -0.2) is 60.1 Å². The molecule has 0 spiro atoms. The molecule has 4 N–H and O–H groups in total. The second-order valence-electron chi connectivity index (χ2n) is 10.6. The molecule has 1 aliphatic rings. The van der Waals surface area contributed by atoms with Crippen LogP contribution in [0.15, 0.2) is 66.7 Å². The summed E-state index contributed by atoms with van der Waals surface area (Å²) in [5.74, 6) is -0.0708. The molecule has 206 valence electrons. The molecule has 1 aromatic heterocycles. The molecular formula is C32H39N3O4. The maximum Gasteiger partial charge on any atom is 0.306 e. The number of carboxylic acid groups (broad SMARTS) is 1. The number of ether oxygens (including phenoxy) is 1. The Balaban J connectivity index is 0.958. The molecule has 0 radical (unpaired) electrons. The number of hydrogen-bond donors (Lipinski definition) is 4. The largest absolute Gasteiger partial charge is 0.490 e. The molecule has 0 aliphatic carbocycles. The number of para-hydroxylation sites is 1. The Hall–Kier alpha value is -3.55. The van der Waals surface area contributed by atoms with E-state index in [1.54, 1.807) is 0 Å². The summed E-state index contributed by atoms with van der Waals surface area (Å²) >= 11 is 0. The van der Waals surface area contributed by atoms with E-state index in [0.29, 0.717) is 6.54 Å². The van der Waals surface area contributed by atoms with Crippen molar-refractivity contribution in [3.63, 3.8) is 0 Å². The lowest BCUT2D eigenvalue weighted by Gasteiger charge is -2.32. The van der Waals surface area contributed by atoms with E-state index >= 15 is 0 Å². The summed E-state index contributed by atoms with van der Waals surface area (Å²) in [4.78, 5) is 16.9. The predicted molar refractivity (Wildman–Crippen MR) is 157 cm³/mol. The number of hydrogen-bond acceptors (Lipinski definition) is 5. The SMILES string of the molecule is O=C(O)C1CCN(c2ccc(CCCCCNC[C@H](O)COc3cccc4[nH]c5ccccc5c34)cc2)CC1. The molecule has 1 atom stereocenters. The van der Waals surface area contributed by atoms with E-state index in [0.717, 1.165) is 85.7 Å². The fourth-order valence-corrected chi connectivity index (χ4v) is 5.52. The van der Waals surface area contributed by atoms with E-state index in [9.17, 15) is 15.0 Å². The summed E-state index contributed by atoms with van der Waals surface area (Å²) in [5, 5.41) is 25.1. The third-order valence-corrected chi connectivity index (χ3v) is 7.77. The van der Waals surface area contributed by atoms with Gasteiger partial charge in [-0.05, 0) is 74.5 Å². The first-order valence-electron chi connectivity index (χ1n) is 14.2. The molecule has 1 aliphatic heterocycles. The highest BCUT2D eigenvalue weighted by molar-refractivity contribution is 6.10. The Morgan fingerprint density at radius 3 is 2.54 bits per heavy atom. The van der Waals surface area contributed by atoms with Gasteiger partial charge in [0.05, 0.1) is 11.4 Å². The molecule has 7 heteroatoms. The van der Waals surface area contributed by atoms with Gasteiger partial charge in [0.15, 0.2) is 0 Å². The standard InChI is InChI=1S/C32H39N3O4/c36-26(22-39-30-11-6-10-29-31(30)27-8-3-4-9-28(27)34-29)21-33-18-5-1-2-7-23-12-14-25(15-13-23)35-19-16-24(17-20-35)32(37)38/h3-4,6,8-15,24,26,33-34,36H,1-2,5,7,16-22H2,(H,37,38)/t26-/m0/s1. The summed E-state index contributed by atoms with van der Waals surface area (Å²) in [6.45, 7) is 3.25. The first-order chi connectivity index (χ1) is 19.1. The molecule has 3 aromatic carbocycles. The zero-order valence-electron chi connectivity index (χ0n) is 22.4. The van der Waals surface area contributed by atoms with Crippen molar-refractivity contribution in [2.24, 2.45) is 5.92 Å². The number of aliphatic carboxylic acids is 1. The number of piperidine rings is 1. The van der Waals surface area contributed by atoms with Crippen molar-refractivity contribution >= 4 is 33.5 Å². The molecular weight excluding hydrogens is 490 g/mol. The number of nitrogens with zero attached hydrogens (tertiary/aromatic N) is 1. The zero-order valence-corrected chi connectivity index (χ0v) is 22.4. The number of unbranched alkanes of at least 4 members (excludes halogenated alkanes) is 2. The molecule has 39 heavy (non-hydrogen) atoms. The van der Waals surface area contributed by atoms with Gasteiger partial charge in [0.1, 0.15) is 18.5 Å². The van der Waals surface area contributed by atoms with Crippen LogP contribution in [0.2, 0.25) is 0 Å². The van der Waals surface area contributed by atoms with E-state index < -0.39 is 12.1 Å². The lowest BCUT2D eigenvalue weighted by atomic mass is 9.96. The van der Waals surface area contributed by atoms with Gasteiger partial charge in [0, 0.05) is 41.6 Å². The van der Waals surface area contributed by atoms with Gasteiger partial charge in [0.2, 0.25) is 0 Å². The third kappa shape index (κ3) is 6.91. The molecule has 0 unspecified atom stereocenters. The molecule has 7 nitrogen and oxygen atoms in total. The highest BCUT2D eigenvalue weighted by Crippen LogP contribution is 2.33. The minimum atomic E-state index is -0.666. The number of carboxylic acids is 1. The number of aliphatic hydroxyl groups is 1. The number of H-pyrrole nitrogens is 1. The maximum absolute atomic E-state index is 11.2. The molecule has 4 aromatic rings. The van der Waals surface area contributed by atoms with Crippen LogP contribution in [0.1, 0.15) is 37.7 Å². The zero-order chi connectivity index (χ0) is 27.0. The third-order valence-electron chi connectivity index (χ3n) is 7.77. The van der Waals surface area contributed by atoms with Crippen molar-refractivity contribution in [3.8, 4) is 5.75 Å². The van der Waals surface area contributed by atoms with E-state index in [4.69, 9.17) is 4.74 Å². The minimum absolute atomic E-state index is 0.196. The van der Waals surface area contributed by atoms with Gasteiger partial charge in [-0.1, -0.05) is 42.8 Å². The monoisotopic (exact) mass is 529 g/mol. The van der Waals surface area contributed by atoms with Crippen LogP contribution in [0.25, 0.3) is 21.8 Å². The molecule has 2 heterocycles. The van der Waals surface area contributed by atoms with Crippen LogP contribution >= 0.6 is 0 Å². The lowest BCUT2D eigenvalue weighted by molar-refractivity contribution is -0.142. The van der Waals surface area contributed by atoms with E-state index in [-0.39, 0.29) is 12.5 Å². The van der Waals surface area contributed by atoms with Crippen LogP contribution in [0.5, 0.6) is 5.75 Å². The summed E-state index contributed by atoms with van der Waals surface area (Å²) in [6.07, 6.45) is 5.25. The second-order valence-corrected chi connectivity index (χ2v) is 10.6. The van der Waals surface area contributed by atoms with Gasteiger partial charge >= 0.3 is 5.97 Å². The van der Waals surface area contributed by atoms with Gasteiger partial charge in [-0.2, -0.15) is 0 Å². The number of rotatable bonds is 13. The summed E-state index contributed by atoms with van der Waals surface area (Å²) in [6, 6.07) is 22.9. The Bertz CT molecular complexity index is 1360. The number of aromatic amines is 1. The predicted octanol–water partition coefficient (Wildman–Crippen LogP) is 5.36. The normalized spacial score (nSPS) is 15.2. The van der Waals surface area contributed by atoms with E-state index in [1.165, 1.54) is 11.3 Å². The number of aryl methyl sites for hydroxylation is 1. The first-order valence-corrected chi connectivity index (χ1v) is 14.2. The number of aliphatic hydroxyl groups excluding tert-OH is 1. The van der Waals surface area contributed by atoms with Crippen LogP contribution < -0.4 is 15.0 Å².